The Morgan fingerprint density at radius 1 is 1.25 bits per heavy atom. The van der Waals surface area contributed by atoms with Crippen LogP contribution in [0.25, 0.3) is 0 Å². The van der Waals surface area contributed by atoms with E-state index in [9.17, 15) is 13.2 Å². The van der Waals surface area contributed by atoms with E-state index < -0.39 is 22.1 Å². The number of carbonyl (C=O) groups is 1. The molecule has 0 spiro atoms. The first-order valence-corrected chi connectivity index (χ1v) is 5.79. The van der Waals surface area contributed by atoms with Gasteiger partial charge in [0.1, 0.15) is 0 Å². The zero-order chi connectivity index (χ0) is 11.8. The van der Waals surface area contributed by atoms with Gasteiger partial charge in [-0.3, -0.25) is 9.35 Å². The number of ketones is 1. The van der Waals surface area contributed by atoms with Crippen LogP contribution in [-0.2, 0) is 15.1 Å². The minimum Gasteiger partial charge on any atom is -0.290 e. The maximum absolute atomic E-state index is 11.5. The third-order valence-corrected chi connectivity index (χ3v) is 2.92. The second-order valence-electron chi connectivity index (χ2n) is 3.21. The Balaban J connectivity index is 2.44. The van der Waals surface area contributed by atoms with Crippen LogP contribution in [0, 0.1) is 0 Å². The van der Waals surface area contributed by atoms with Crippen LogP contribution < -0.4 is 0 Å². The largest absolute Gasteiger partial charge is 0.375 e. The average Bonchev–Trinajstić information content (AvgIpc) is 2.61. The Kier molecular flexibility index (Phi) is 2.49. The molecule has 0 bridgehead atoms. The SMILES string of the molecule is O=C1C=NN(S(=O)(=O)O)C1c1ccccc1. The van der Waals surface area contributed by atoms with Gasteiger partial charge in [0.15, 0.2) is 6.04 Å². The van der Waals surface area contributed by atoms with Crippen molar-refractivity contribution in [1.29, 1.82) is 0 Å². The van der Waals surface area contributed by atoms with Crippen molar-refractivity contribution in [2.75, 3.05) is 0 Å². The number of Topliss-reactive ketones (excluding diaryl/α,β-unsaturated/α-hetero) is 1. The zero-order valence-corrected chi connectivity index (χ0v) is 8.83. The third kappa shape index (κ3) is 1.82. The highest BCUT2D eigenvalue weighted by atomic mass is 32.2. The van der Waals surface area contributed by atoms with E-state index in [1.165, 1.54) is 0 Å². The van der Waals surface area contributed by atoms with E-state index in [0.29, 0.717) is 9.98 Å². The highest BCUT2D eigenvalue weighted by Crippen LogP contribution is 2.27. The third-order valence-electron chi connectivity index (χ3n) is 2.14. The Labute approximate surface area is 92.1 Å². The molecule has 0 radical (unpaired) electrons. The Morgan fingerprint density at radius 3 is 2.44 bits per heavy atom. The van der Waals surface area contributed by atoms with Gasteiger partial charge < -0.3 is 0 Å². The van der Waals surface area contributed by atoms with Crippen molar-refractivity contribution in [2.24, 2.45) is 5.10 Å². The molecule has 1 aliphatic rings. The summed E-state index contributed by atoms with van der Waals surface area (Å²) in [5.74, 6) is -0.483. The normalized spacial score (nSPS) is 20.4. The number of rotatable bonds is 2. The summed E-state index contributed by atoms with van der Waals surface area (Å²) < 4.78 is 31.2. The fourth-order valence-corrected chi connectivity index (χ4v) is 2.14. The van der Waals surface area contributed by atoms with Crippen LogP contribution >= 0.6 is 0 Å². The summed E-state index contributed by atoms with van der Waals surface area (Å²) in [6.07, 6.45) is 0.880. The van der Waals surface area contributed by atoms with Gasteiger partial charge in [-0.15, -0.1) is 0 Å². The lowest BCUT2D eigenvalue weighted by Crippen LogP contribution is -2.29. The van der Waals surface area contributed by atoms with Gasteiger partial charge in [0.2, 0.25) is 5.78 Å². The molecule has 0 fully saturated rings. The second kappa shape index (κ2) is 3.69. The number of hydrazone groups is 1. The van der Waals surface area contributed by atoms with Crippen molar-refractivity contribution in [2.45, 2.75) is 6.04 Å². The highest BCUT2D eigenvalue weighted by Gasteiger charge is 2.37. The van der Waals surface area contributed by atoms with E-state index in [1.54, 1.807) is 30.3 Å². The van der Waals surface area contributed by atoms with Crippen LogP contribution in [0.1, 0.15) is 11.6 Å². The minimum atomic E-state index is -4.52. The lowest BCUT2D eigenvalue weighted by Gasteiger charge is -2.18. The Morgan fingerprint density at radius 2 is 1.88 bits per heavy atom. The van der Waals surface area contributed by atoms with Gasteiger partial charge in [0, 0.05) is 0 Å². The molecule has 0 amide bonds. The summed E-state index contributed by atoms with van der Waals surface area (Å²) >= 11 is 0. The lowest BCUT2D eigenvalue weighted by atomic mass is 10.1. The van der Waals surface area contributed by atoms with Crippen LogP contribution in [0.5, 0.6) is 0 Å². The monoisotopic (exact) mass is 240 g/mol. The summed E-state index contributed by atoms with van der Waals surface area (Å²) in [7, 11) is -4.52. The maximum atomic E-state index is 11.5. The van der Waals surface area contributed by atoms with Gasteiger partial charge in [0.25, 0.3) is 0 Å². The van der Waals surface area contributed by atoms with Crippen molar-refractivity contribution < 1.29 is 17.8 Å². The van der Waals surface area contributed by atoms with Gasteiger partial charge in [-0.25, -0.2) is 0 Å². The molecule has 7 heteroatoms. The number of carbonyl (C=O) groups excluding carboxylic acids is 1. The number of benzene rings is 1. The van der Waals surface area contributed by atoms with Gasteiger partial charge in [-0.1, -0.05) is 30.3 Å². The van der Waals surface area contributed by atoms with E-state index in [1.807, 2.05) is 0 Å². The number of hydrogen-bond acceptors (Lipinski definition) is 4. The Hall–Kier alpha value is -1.73. The molecule has 1 N–H and O–H groups in total. The van der Waals surface area contributed by atoms with E-state index in [0.717, 1.165) is 6.21 Å². The molecule has 0 saturated carbocycles. The maximum Gasteiger partial charge on any atom is 0.375 e. The first-order chi connectivity index (χ1) is 7.50. The van der Waals surface area contributed by atoms with Gasteiger partial charge in [0.05, 0.1) is 6.21 Å². The molecule has 1 heterocycles. The van der Waals surface area contributed by atoms with E-state index in [4.69, 9.17) is 4.55 Å². The summed E-state index contributed by atoms with van der Waals surface area (Å²) in [5.41, 5.74) is 0.461. The van der Waals surface area contributed by atoms with Crippen molar-refractivity contribution in [3.8, 4) is 0 Å². The molecule has 1 aromatic rings. The molecular formula is C9H8N2O4S. The van der Waals surface area contributed by atoms with E-state index in [2.05, 4.69) is 5.10 Å². The molecule has 0 aliphatic carbocycles. The molecule has 1 unspecified atom stereocenters. The molecule has 16 heavy (non-hydrogen) atoms. The molecule has 6 nitrogen and oxygen atoms in total. The number of nitrogens with zero attached hydrogens (tertiary/aromatic N) is 2. The van der Waals surface area contributed by atoms with Gasteiger partial charge in [-0.2, -0.15) is 17.9 Å². The molecule has 0 saturated heterocycles. The predicted molar refractivity (Wildman–Crippen MR) is 56.1 cm³/mol. The van der Waals surface area contributed by atoms with Crippen LogP contribution in [0.3, 0.4) is 0 Å². The minimum absolute atomic E-state index is 0.394. The molecule has 1 atom stereocenters. The van der Waals surface area contributed by atoms with Crippen molar-refractivity contribution in [3.63, 3.8) is 0 Å². The highest BCUT2D eigenvalue weighted by molar-refractivity contribution is 7.83. The summed E-state index contributed by atoms with van der Waals surface area (Å²) in [6, 6.07) is 7.16. The van der Waals surface area contributed by atoms with Crippen molar-refractivity contribution >= 4 is 22.3 Å². The van der Waals surface area contributed by atoms with Crippen LogP contribution in [0.4, 0.5) is 0 Å². The summed E-state index contributed by atoms with van der Waals surface area (Å²) in [4.78, 5) is 11.5. The molecule has 1 aliphatic heterocycles. The topological polar surface area (TPSA) is 87.0 Å². The van der Waals surface area contributed by atoms with E-state index >= 15 is 0 Å². The smallest absolute Gasteiger partial charge is 0.290 e. The lowest BCUT2D eigenvalue weighted by molar-refractivity contribution is -0.115. The van der Waals surface area contributed by atoms with Gasteiger partial charge in [-0.05, 0) is 5.56 Å². The standard InChI is InChI=1S/C9H8N2O4S/c12-8-6-10-11(16(13,14)15)9(8)7-4-2-1-3-5-7/h1-6,9H,(H,13,14,15). The van der Waals surface area contributed by atoms with Crippen molar-refractivity contribution in [3.05, 3.63) is 35.9 Å². The first kappa shape index (κ1) is 10.8. The molecule has 0 aromatic heterocycles. The fourth-order valence-electron chi connectivity index (χ4n) is 1.48. The molecule has 84 valence electrons. The van der Waals surface area contributed by atoms with Crippen molar-refractivity contribution in [1.82, 2.24) is 4.41 Å². The predicted octanol–water partition coefficient (Wildman–Crippen LogP) is 0.401. The quantitative estimate of drug-likeness (QED) is 0.758. The molecule has 1 aromatic carbocycles. The average molecular weight is 240 g/mol. The Bertz CT molecular complexity index is 538. The second-order valence-corrected chi connectivity index (χ2v) is 4.48. The van der Waals surface area contributed by atoms with Crippen LogP contribution in [0.2, 0.25) is 0 Å². The summed E-state index contributed by atoms with van der Waals surface area (Å²) in [5, 5.41) is 3.37. The zero-order valence-electron chi connectivity index (χ0n) is 8.02. The molecule has 2 rings (SSSR count). The molecular weight excluding hydrogens is 232 g/mol. The first-order valence-electron chi connectivity index (χ1n) is 4.40. The van der Waals surface area contributed by atoms with Gasteiger partial charge >= 0.3 is 10.3 Å². The van der Waals surface area contributed by atoms with Crippen LogP contribution in [0.15, 0.2) is 35.4 Å². The van der Waals surface area contributed by atoms with Crippen LogP contribution in [-0.4, -0.2) is 29.4 Å². The van der Waals surface area contributed by atoms with E-state index in [-0.39, 0.29) is 0 Å². The number of hydrogen-bond donors (Lipinski definition) is 1. The fraction of sp³-hybridized carbons (Fsp3) is 0.111. The summed E-state index contributed by atoms with van der Waals surface area (Å²) in [6.45, 7) is 0.